The molecule has 22 heavy (non-hydrogen) atoms. The van der Waals surface area contributed by atoms with Crippen LogP contribution >= 0.6 is 0 Å². The second-order valence-corrected chi connectivity index (χ2v) is 6.43. The van der Waals surface area contributed by atoms with Gasteiger partial charge in [-0.25, -0.2) is 0 Å². The van der Waals surface area contributed by atoms with E-state index in [1.807, 2.05) is 0 Å². The Morgan fingerprint density at radius 1 is 0.818 bits per heavy atom. The van der Waals surface area contributed by atoms with E-state index < -0.39 is 0 Å². The highest BCUT2D eigenvalue weighted by atomic mass is 16.5. The van der Waals surface area contributed by atoms with Crippen molar-refractivity contribution < 1.29 is 14.3 Å². The van der Waals surface area contributed by atoms with E-state index >= 15 is 0 Å². The van der Waals surface area contributed by atoms with Crippen molar-refractivity contribution in [1.29, 1.82) is 0 Å². The molecule has 0 unspecified atom stereocenters. The average molecular weight is 312 g/mol. The predicted molar refractivity (Wildman–Crippen MR) is 86.9 cm³/mol. The highest BCUT2D eigenvalue weighted by Gasteiger charge is 2.21. The third-order valence-electron chi connectivity index (χ3n) is 4.68. The summed E-state index contributed by atoms with van der Waals surface area (Å²) < 4.78 is 11.0. The summed E-state index contributed by atoms with van der Waals surface area (Å²) >= 11 is 0. The van der Waals surface area contributed by atoms with E-state index in [0.717, 1.165) is 26.0 Å². The Hall–Kier alpha value is -0.650. The zero-order chi connectivity index (χ0) is 15.5. The fourth-order valence-corrected chi connectivity index (χ4v) is 3.37. The first kappa shape index (κ1) is 17.7. The van der Waals surface area contributed by atoms with E-state index in [0.29, 0.717) is 32.4 Å². The lowest BCUT2D eigenvalue weighted by molar-refractivity contribution is -0.125. The minimum atomic E-state index is 0.204. The van der Waals surface area contributed by atoms with E-state index in [9.17, 15) is 4.79 Å². The van der Waals surface area contributed by atoms with Crippen LogP contribution < -0.4 is 10.6 Å². The molecule has 128 valence electrons. The lowest BCUT2D eigenvalue weighted by Crippen LogP contribution is -2.32. The van der Waals surface area contributed by atoms with Crippen molar-refractivity contribution in [2.24, 2.45) is 5.92 Å². The summed E-state index contributed by atoms with van der Waals surface area (Å²) in [6.45, 7) is 4.09. The second kappa shape index (κ2) is 11.0. The largest absolute Gasteiger partial charge is 0.378 e. The van der Waals surface area contributed by atoms with Crippen molar-refractivity contribution in [1.82, 2.24) is 10.6 Å². The molecule has 2 fully saturated rings. The number of ether oxygens (including phenoxy) is 2. The molecule has 2 aliphatic rings. The Morgan fingerprint density at radius 2 is 1.41 bits per heavy atom. The van der Waals surface area contributed by atoms with E-state index in [1.165, 1.54) is 38.5 Å². The molecule has 2 aliphatic carbocycles. The third-order valence-corrected chi connectivity index (χ3v) is 4.68. The number of nitrogens with one attached hydrogen (secondary N) is 2. The smallest absolute Gasteiger partial charge is 0.223 e. The zero-order valence-electron chi connectivity index (χ0n) is 13.8. The molecular formula is C17H32N2O3. The van der Waals surface area contributed by atoms with Gasteiger partial charge in [0, 0.05) is 25.0 Å². The molecule has 2 N–H and O–H groups in total. The number of carbonyl (C=O) groups is 1. The molecule has 0 bridgehead atoms. The van der Waals surface area contributed by atoms with Gasteiger partial charge in [0.05, 0.1) is 26.4 Å². The number of amides is 1. The van der Waals surface area contributed by atoms with Gasteiger partial charge in [-0.3, -0.25) is 4.79 Å². The molecule has 0 aromatic carbocycles. The van der Waals surface area contributed by atoms with Gasteiger partial charge in [0.2, 0.25) is 5.91 Å². The minimum absolute atomic E-state index is 0.204. The van der Waals surface area contributed by atoms with Crippen LogP contribution in [0.2, 0.25) is 0 Å². The first-order valence-electron chi connectivity index (χ1n) is 9.03. The summed E-state index contributed by atoms with van der Waals surface area (Å²) in [5.41, 5.74) is 0. The zero-order valence-corrected chi connectivity index (χ0v) is 13.8. The van der Waals surface area contributed by atoms with Crippen LogP contribution in [0.5, 0.6) is 0 Å². The molecule has 2 rings (SSSR count). The van der Waals surface area contributed by atoms with Crippen LogP contribution in [0.4, 0.5) is 0 Å². The van der Waals surface area contributed by atoms with Gasteiger partial charge in [-0.2, -0.15) is 0 Å². The van der Waals surface area contributed by atoms with E-state index in [-0.39, 0.29) is 11.8 Å². The predicted octanol–water partition coefficient (Wildman–Crippen LogP) is 1.86. The molecule has 5 nitrogen and oxygen atoms in total. The monoisotopic (exact) mass is 312 g/mol. The summed E-state index contributed by atoms with van der Waals surface area (Å²) in [5.74, 6) is 0.450. The first-order chi connectivity index (χ1) is 10.9. The summed E-state index contributed by atoms with van der Waals surface area (Å²) in [5, 5.41) is 6.47. The Labute approximate surface area is 134 Å². The van der Waals surface area contributed by atoms with Crippen molar-refractivity contribution in [2.75, 3.05) is 39.5 Å². The molecule has 0 radical (unpaired) electrons. The molecule has 0 aliphatic heterocycles. The maximum absolute atomic E-state index is 11.8. The van der Waals surface area contributed by atoms with Crippen molar-refractivity contribution in [3.63, 3.8) is 0 Å². The van der Waals surface area contributed by atoms with Crippen LogP contribution in [0.15, 0.2) is 0 Å². The van der Waals surface area contributed by atoms with Crippen LogP contribution in [-0.2, 0) is 14.3 Å². The fourth-order valence-electron chi connectivity index (χ4n) is 3.37. The second-order valence-electron chi connectivity index (χ2n) is 6.43. The number of carbonyl (C=O) groups excluding carboxylic acids is 1. The highest BCUT2D eigenvalue weighted by molar-refractivity contribution is 5.78. The molecule has 0 atom stereocenters. The molecule has 0 saturated heterocycles. The normalized spacial score (nSPS) is 19.8. The highest BCUT2D eigenvalue weighted by Crippen LogP contribution is 2.24. The van der Waals surface area contributed by atoms with Crippen molar-refractivity contribution in [3.8, 4) is 0 Å². The topological polar surface area (TPSA) is 59.6 Å². The quantitative estimate of drug-likeness (QED) is 0.572. The van der Waals surface area contributed by atoms with Gasteiger partial charge in [-0.15, -0.1) is 0 Å². The SMILES string of the molecule is O=C(NCCOCCOCCNC1CCCC1)C1CCCC1. The van der Waals surface area contributed by atoms with Crippen molar-refractivity contribution >= 4 is 5.91 Å². The lowest BCUT2D eigenvalue weighted by atomic mass is 10.1. The Morgan fingerprint density at radius 3 is 2.09 bits per heavy atom. The summed E-state index contributed by atoms with van der Waals surface area (Å²) in [4.78, 5) is 11.8. The molecule has 0 spiro atoms. The average Bonchev–Trinajstić information content (AvgIpc) is 3.22. The lowest BCUT2D eigenvalue weighted by Gasteiger charge is -2.12. The van der Waals surface area contributed by atoms with Gasteiger partial charge in [0.1, 0.15) is 0 Å². The molecule has 0 aromatic rings. The first-order valence-corrected chi connectivity index (χ1v) is 9.03. The molecule has 0 heterocycles. The molecule has 1 amide bonds. The van der Waals surface area contributed by atoms with Crippen LogP contribution in [0, 0.1) is 5.92 Å². The van der Waals surface area contributed by atoms with Crippen molar-refractivity contribution in [2.45, 2.75) is 57.4 Å². The number of hydrogen-bond donors (Lipinski definition) is 2. The van der Waals surface area contributed by atoms with Gasteiger partial charge >= 0.3 is 0 Å². The van der Waals surface area contributed by atoms with E-state index in [1.54, 1.807) is 0 Å². The molecule has 5 heteroatoms. The standard InChI is InChI=1S/C17H32N2O3/c20-17(15-5-1-2-6-15)19-10-12-22-14-13-21-11-9-18-16-7-3-4-8-16/h15-16,18H,1-14H2,(H,19,20). The van der Waals surface area contributed by atoms with Gasteiger partial charge < -0.3 is 20.1 Å². The van der Waals surface area contributed by atoms with Crippen LogP contribution in [-0.4, -0.2) is 51.5 Å². The van der Waals surface area contributed by atoms with E-state index in [2.05, 4.69) is 10.6 Å². The summed E-state index contributed by atoms with van der Waals surface area (Å²) in [6, 6.07) is 0.711. The van der Waals surface area contributed by atoms with Gasteiger partial charge in [-0.1, -0.05) is 25.7 Å². The minimum Gasteiger partial charge on any atom is -0.378 e. The van der Waals surface area contributed by atoms with Gasteiger partial charge in [-0.05, 0) is 25.7 Å². The van der Waals surface area contributed by atoms with Crippen LogP contribution in [0.3, 0.4) is 0 Å². The summed E-state index contributed by atoms with van der Waals surface area (Å²) in [6.07, 6.45) is 9.85. The van der Waals surface area contributed by atoms with Crippen LogP contribution in [0.1, 0.15) is 51.4 Å². The third kappa shape index (κ3) is 7.07. The van der Waals surface area contributed by atoms with E-state index in [4.69, 9.17) is 9.47 Å². The molecule has 0 aromatic heterocycles. The molecular weight excluding hydrogens is 280 g/mol. The molecule has 2 saturated carbocycles. The summed E-state index contributed by atoms with van der Waals surface area (Å²) in [7, 11) is 0. The Balaban J connectivity index is 1.30. The van der Waals surface area contributed by atoms with Gasteiger partial charge in [0.15, 0.2) is 0 Å². The number of rotatable bonds is 11. The van der Waals surface area contributed by atoms with Crippen molar-refractivity contribution in [3.05, 3.63) is 0 Å². The number of hydrogen-bond acceptors (Lipinski definition) is 4. The van der Waals surface area contributed by atoms with Crippen LogP contribution in [0.25, 0.3) is 0 Å². The Bertz CT molecular complexity index is 300. The fraction of sp³-hybridized carbons (Fsp3) is 0.941. The Kier molecular flexibility index (Phi) is 8.83. The maximum atomic E-state index is 11.8. The van der Waals surface area contributed by atoms with Gasteiger partial charge in [0.25, 0.3) is 0 Å². The maximum Gasteiger partial charge on any atom is 0.223 e.